The summed E-state index contributed by atoms with van der Waals surface area (Å²) >= 11 is 0. The molecule has 0 saturated carbocycles. The maximum atomic E-state index is 14.6. The zero-order valence-electron chi connectivity index (χ0n) is 14.2. The lowest BCUT2D eigenvalue weighted by Crippen LogP contribution is -2.02. The van der Waals surface area contributed by atoms with Crippen molar-refractivity contribution in [3.63, 3.8) is 0 Å². The Labute approximate surface area is 137 Å². The van der Waals surface area contributed by atoms with Crippen molar-refractivity contribution in [3.05, 3.63) is 58.4 Å². The van der Waals surface area contributed by atoms with Crippen LogP contribution in [0.1, 0.15) is 54.9 Å². The summed E-state index contributed by atoms with van der Waals surface area (Å²) in [6.45, 7) is 8.53. The number of halogens is 1. The topological polar surface area (TPSA) is 18.5 Å². The summed E-state index contributed by atoms with van der Waals surface area (Å²) in [4.78, 5) is 0. The highest BCUT2D eigenvalue weighted by molar-refractivity contribution is 5.52. The standard InChI is InChI=1S/C20H23FO2/c1-12(2)15-5-7-16(8-6-15)13(3)9-17-10-14(4)19-20(18(17)21)23-11-22-19/h5-8,10,12-13H,9,11H2,1-4H3. The maximum Gasteiger partial charge on any atom is 0.231 e. The van der Waals surface area contributed by atoms with Crippen molar-refractivity contribution in [2.75, 3.05) is 6.79 Å². The van der Waals surface area contributed by atoms with Gasteiger partial charge in [0.05, 0.1) is 0 Å². The van der Waals surface area contributed by atoms with Crippen molar-refractivity contribution in [1.29, 1.82) is 0 Å². The molecule has 0 amide bonds. The molecule has 0 aliphatic carbocycles. The van der Waals surface area contributed by atoms with E-state index in [2.05, 4.69) is 45.0 Å². The SMILES string of the molecule is Cc1cc(CC(C)c2ccc(C(C)C)cc2)c(F)c2c1OCO2. The molecule has 1 aliphatic rings. The minimum absolute atomic E-state index is 0.1000. The quantitative estimate of drug-likeness (QED) is 0.759. The smallest absolute Gasteiger partial charge is 0.231 e. The second-order valence-electron chi connectivity index (χ2n) is 6.66. The van der Waals surface area contributed by atoms with E-state index in [0.29, 0.717) is 23.7 Å². The minimum Gasteiger partial charge on any atom is -0.453 e. The van der Waals surface area contributed by atoms with Crippen LogP contribution in [0.2, 0.25) is 0 Å². The van der Waals surface area contributed by atoms with Gasteiger partial charge in [-0.25, -0.2) is 4.39 Å². The lowest BCUT2D eigenvalue weighted by atomic mass is 9.91. The van der Waals surface area contributed by atoms with E-state index in [1.165, 1.54) is 11.1 Å². The normalized spacial score (nSPS) is 14.3. The lowest BCUT2D eigenvalue weighted by molar-refractivity contribution is 0.170. The second kappa shape index (κ2) is 6.23. The Hall–Kier alpha value is -2.03. The van der Waals surface area contributed by atoms with Crippen LogP contribution < -0.4 is 9.47 Å². The number of fused-ring (bicyclic) bond motifs is 1. The van der Waals surface area contributed by atoms with Crippen molar-refractivity contribution in [3.8, 4) is 11.5 Å². The van der Waals surface area contributed by atoms with Crippen molar-refractivity contribution in [2.45, 2.75) is 46.0 Å². The average Bonchev–Trinajstić information content (AvgIpc) is 3.02. The zero-order valence-corrected chi connectivity index (χ0v) is 14.2. The molecule has 0 radical (unpaired) electrons. The molecule has 2 aromatic rings. The maximum absolute atomic E-state index is 14.6. The van der Waals surface area contributed by atoms with Gasteiger partial charge in [0.1, 0.15) is 0 Å². The predicted molar refractivity (Wildman–Crippen MR) is 89.9 cm³/mol. The number of hydrogen-bond donors (Lipinski definition) is 0. The molecule has 2 nitrogen and oxygen atoms in total. The Morgan fingerprint density at radius 2 is 1.61 bits per heavy atom. The summed E-state index contributed by atoms with van der Waals surface area (Å²) in [5, 5.41) is 0. The molecule has 0 aromatic heterocycles. The largest absolute Gasteiger partial charge is 0.453 e. The third-order valence-corrected chi connectivity index (χ3v) is 4.54. The molecule has 1 atom stereocenters. The van der Waals surface area contributed by atoms with Crippen molar-refractivity contribution in [2.24, 2.45) is 0 Å². The van der Waals surface area contributed by atoms with Gasteiger partial charge in [-0.2, -0.15) is 0 Å². The van der Waals surface area contributed by atoms with E-state index in [4.69, 9.17) is 9.47 Å². The number of benzene rings is 2. The Kier molecular flexibility index (Phi) is 4.29. The van der Waals surface area contributed by atoms with Gasteiger partial charge in [0, 0.05) is 0 Å². The van der Waals surface area contributed by atoms with Crippen LogP contribution in [0.5, 0.6) is 11.5 Å². The van der Waals surface area contributed by atoms with Crippen molar-refractivity contribution in [1.82, 2.24) is 0 Å². The zero-order chi connectivity index (χ0) is 16.6. The van der Waals surface area contributed by atoms with Gasteiger partial charge in [0.2, 0.25) is 12.5 Å². The molecule has 0 N–H and O–H groups in total. The summed E-state index contributed by atoms with van der Waals surface area (Å²) in [6.07, 6.45) is 0.643. The molecule has 3 rings (SSSR count). The van der Waals surface area contributed by atoms with Gasteiger partial charge in [-0.05, 0) is 53.5 Å². The summed E-state index contributed by atoms with van der Waals surface area (Å²) < 4.78 is 25.2. The summed E-state index contributed by atoms with van der Waals surface area (Å²) in [5.74, 6) is 1.29. The van der Waals surface area contributed by atoms with Crippen molar-refractivity contribution < 1.29 is 13.9 Å². The highest BCUT2D eigenvalue weighted by Gasteiger charge is 2.24. The molecular formula is C20H23FO2. The van der Waals surface area contributed by atoms with E-state index in [0.717, 1.165) is 5.56 Å². The molecule has 3 heteroatoms. The molecule has 0 bridgehead atoms. The Balaban J connectivity index is 1.83. The van der Waals surface area contributed by atoms with Crippen LogP contribution in [0.15, 0.2) is 30.3 Å². The van der Waals surface area contributed by atoms with E-state index >= 15 is 0 Å². The number of hydrogen-bond acceptors (Lipinski definition) is 2. The highest BCUT2D eigenvalue weighted by atomic mass is 19.1. The van der Waals surface area contributed by atoms with Gasteiger partial charge in [-0.1, -0.05) is 45.0 Å². The highest BCUT2D eigenvalue weighted by Crippen LogP contribution is 2.40. The van der Waals surface area contributed by atoms with Crippen LogP contribution in [0, 0.1) is 12.7 Å². The van der Waals surface area contributed by atoms with Crippen LogP contribution in [0.3, 0.4) is 0 Å². The number of ether oxygens (including phenoxy) is 2. The first-order valence-corrected chi connectivity index (χ1v) is 8.14. The molecular weight excluding hydrogens is 291 g/mol. The van der Waals surface area contributed by atoms with E-state index in [1.807, 2.05) is 13.0 Å². The van der Waals surface area contributed by atoms with Gasteiger partial charge < -0.3 is 9.47 Å². The molecule has 1 unspecified atom stereocenters. The van der Waals surface area contributed by atoms with E-state index in [-0.39, 0.29) is 24.3 Å². The monoisotopic (exact) mass is 314 g/mol. The average molecular weight is 314 g/mol. The van der Waals surface area contributed by atoms with Crippen LogP contribution >= 0.6 is 0 Å². The number of aryl methyl sites for hydroxylation is 1. The van der Waals surface area contributed by atoms with Gasteiger partial charge in [-0.3, -0.25) is 0 Å². The number of rotatable bonds is 4. The van der Waals surface area contributed by atoms with Crippen LogP contribution in [0.4, 0.5) is 4.39 Å². The molecule has 1 aliphatic heterocycles. The van der Waals surface area contributed by atoms with Gasteiger partial charge in [-0.15, -0.1) is 0 Å². The predicted octanol–water partition coefficient (Wildman–Crippen LogP) is 5.33. The van der Waals surface area contributed by atoms with Gasteiger partial charge >= 0.3 is 0 Å². The molecule has 1 heterocycles. The summed E-state index contributed by atoms with van der Waals surface area (Å²) in [6, 6.07) is 10.5. The van der Waals surface area contributed by atoms with Crippen LogP contribution in [0.25, 0.3) is 0 Å². The molecule has 2 aromatic carbocycles. The molecule has 23 heavy (non-hydrogen) atoms. The van der Waals surface area contributed by atoms with Crippen LogP contribution in [-0.4, -0.2) is 6.79 Å². The third kappa shape index (κ3) is 3.05. The Bertz CT molecular complexity index is 705. The molecule has 0 fully saturated rings. The fourth-order valence-electron chi connectivity index (χ4n) is 3.08. The minimum atomic E-state index is -0.284. The van der Waals surface area contributed by atoms with Gasteiger partial charge in [0.15, 0.2) is 11.6 Å². The van der Waals surface area contributed by atoms with Gasteiger partial charge in [0.25, 0.3) is 0 Å². The second-order valence-corrected chi connectivity index (χ2v) is 6.66. The van der Waals surface area contributed by atoms with Crippen molar-refractivity contribution >= 4 is 0 Å². The summed E-state index contributed by atoms with van der Waals surface area (Å²) in [7, 11) is 0. The molecule has 122 valence electrons. The summed E-state index contributed by atoms with van der Waals surface area (Å²) in [5.41, 5.74) is 4.17. The fraction of sp³-hybridized carbons (Fsp3) is 0.400. The van der Waals surface area contributed by atoms with E-state index in [9.17, 15) is 4.39 Å². The fourth-order valence-corrected chi connectivity index (χ4v) is 3.08. The Morgan fingerprint density at radius 1 is 1.00 bits per heavy atom. The molecule has 0 saturated heterocycles. The Morgan fingerprint density at radius 3 is 2.26 bits per heavy atom. The first kappa shape index (κ1) is 15.9. The van der Waals surface area contributed by atoms with Crippen LogP contribution in [-0.2, 0) is 6.42 Å². The first-order chi connectivity index (χ1) is 11.0. The first-order valence-electron chi connectivity index (χ1n) is 8.14. The molecule has 0 spiro atoms. The van der Waals surface area contributed by atoms with E-state index < -0.39 is 0 Å². The lowest BCUT2D eigenvalue weighted by Gasteiger charge is -2.15. The third-order valence-electron chi connectivity index (χ3n) is 4.54. The van der Waals surface area contributed by atoms with E-state index in [1.54, 1.807) is 0 Å².